The van der Waals surface area contributed by atoms with Gasteiger partial charge in [-0.1, -0.05) is 90.2 Å². The Balaban J connectivity index is 4.57. The van der Waals surface area contributed by atoms with Crippen LogP contribution in [0.25, 0.3) is 0 Å². The van der Waals surface area contributed by atoms with Crippen molar-refractivity contribution >= 4 is 17.9 Å². The summed E-state index contributed by atoms with van der Waals surface area (Å²) in [5, 5.41) is 9.51. The third-order valence-corrected chi connectivity index (χ3v) is 6.93. The van der Waals surface area contributed by atoms with Crippen LogP contribution in [0.5, 0.6) is 0 Å². The lowest BCUT2D eigenvalue weighted by Crippen LogP contribution is -2.50. The van der Waals surface area contributed by atoms with Gasteiger partial charge in [0.25, 0.3) is 0 Å². The molecule has 0 bridgehead atoms. The van der Waals surface area contributed by atoms with Crippen molar-refractivity contribution < 1.29 is 38.2 Å². The Kier molecular flexibility index (Phi) is 23.6. The van der Waals surface area contributed by atoms with Crippen molar-refractivity contribution in [2.45, 2.75) is 135 Å². The highest BCUT2D eigenvalue weighted by Crippen LogP contribution is 2.12. The second kappa shape index (κ2) is 24.8. The number of hydrogen-bond donors (Lipinski definition) is 1. The molecule has 0 heterocycles. The molecule has 0 rings (SSSR count). The predicted molar refractivity (Wildman–Crippen MR) is 160 cm³/mol. The molecule has 0 radical (unpaired) electrons. The number of ether oxygens (including phenoxy) is 3. The van der Waals surface area contributed by atoms with E-state index in [4.69, 9.17) is 14.2 Å². The first-order valence-corrected chi connectivity index (χ1v) is 15.7. The molecule has 0 aromatic heterocycles. The van der Waals surface area contributed by atoms with Crippen LogP contribution in [-0.2, 0) is 28.6 Å². The van der Waals surface area contributed by atoms with Crippen LogP contribution in [0.15, 0.2) is 12.2 Å². The van der Waals surface area contributed by atoms with Gasteiger partial charge in [-0.2, -0.15) is 0 Å². The van der Waals surface area contributed by atoms with Crippen LogP contribution >= 0.6 is 0 Å². The number of nitrogens with zero attached hydrogens (tertiary/aromatic N) is 1. The molecule has 40 heavy (non-hydrogen) atoms. The highest BCUT2D eigenvalue weighted by Gasteiger charge is 2.31. The maximum absolute atomic E-state index is 12.5. The van der Waals surface area contributed by atoms with Gasteiger partial charge in [-0.3, -0.25) is 9.59 Å². The van der Waals surface area contributed by atoms with Crippen LogP contribution < -0.4 is 0 Å². The van der Waals surface area contributed by atoms with Crippen molar-refractivity contribution in [3.8, 4) is 0 Å². The number of carbonyl (C=O) groups excluding carboxylic acids is 2. The SMILES string of the molecule is CCCCCC/C=C/CCC(=O)OCC(COCCC(C(=O)O)[N+](C)(C)C)OC(=O)CCCCCCCCCC. The second-order valence-electron chi connectivity index (χ2n) is 11.7. The standard InChI is InChI=1S/C32H59NO7/c1-6-8-10-12-14-16-18-20-22-30(34)39-27-28(26-38-25-24-29(32(36)37)33(3,4)5)40-31(35)23-21-19-17-15-13-11-9-7-2/h16,18,28-29H,6-15,17,19-27H2,1-5H3/p+1/b18-16+. The van der Waals surface area contributed by atoms with Gasteiger partial charge >= 0.3 is 17.9 Å². The van der Waals surface area contributed by atoms with Crippen molar-refractivity contribution in [1.29, 1.82) is 0 Å². The zero-order valence-electron chi connectivity index (χ0n) is 26.3. The Morgan fingerprint density at radius 3 is 1.90 bits per heavy atom. The highest BCUT2D eigenvalue weighted by molar-refractivity contribution is 5.72. The summed E-state index contributed by atoms with van der Waals surface area (Å²) in [4.78, 5) is 36.3. The average Bonchev–Trinajstić information content (AvgIpc) is 2.89. The molecular formula is C32H60NO7+. The van der Waals surface area contributed by atoms with E-state index in [1.165, 1.54) is 57.8 Å². The van der Waals surface area contributed by atoms with Crippen LogP contribution in [0.1, 0.15) is 123 Å². The fourth-order valence-electron chi connectivity index (χ4n) is 4.40. The minimum atomic E-state index is -0.881. The highest BCUT2D eigenvalue weighted by atomic mass is 16.6. The zero-order valence-corrected chi connectivity index (χ0v) is 26.3. The van der Waals surface area contributed by atoms with Gasteiger partial charge in [0, 0.05) is 19.3 Å². The van der Waals surface area contributed by atoms with Crippen LogP contribution in [-0.4, -0.2) is 80.6 Å². The summed E-state index contributed by atoms with van der Waals surface area (Å²) in [5.74, 6) is -1.54. The molecule has 8 nitrogen and oxygen atoms in total. The van der Waals surface area contributed by atoms with E-state index in [9.17, 15) is 19.5 Å². The number of allylic oxidation sites excluding steroid dienone is 2. The Hall–Kier alpha value is -1.93. The van der Waals surface area contributed by atoms with Gasteiger partial charge in [-0.15, -0.1) is 0 Å². The molecule has 0 aromatic carbocycles. The number of quaternary nitrogens is 1. The van der Waals surface area contributed by atoms with Crippen LogP contribution in [0, 0.1) is 0 Å². The Morgan fingerprint density at radius 1 is 0.725 bits per heavy atom. The molecule has 0 saturated heterocycles. The van der Waals surface area contributed by atoms with Crippen LogP contribution in [0.2, 0.25) is 0 Å². The lowest BCUT2D eigenvalue weighted by molar-refractivity contribution is -0.887. The molecule has 8 heteroatoms. The Labute approximate surface area is 244 Å². The number of aliphatic carboxylic acids is 1. The summed E-state index contributed by atoms with van der Waals surface area (Å²) in [6.07, 6.45) is 20.0. The van der Waals surface area contributed by atoms with Crippen molar-refractivity contribution in [2.75, 3.05) is 41.0 Å². The van der Waals surface area contributed by atoms with Gasteiger partial charge < -0.3 is 23.8 Å². The first kappa shape index (κ1) is 38.1. The van der Waals surface area contributed by atoms with E-state index in [1.807, 2.05) is 27.2 Å². The van der Waals surface area contributed by atoms with Gasteiger partial charge in [0.2, 0.25) is 0 Å². The summed E-state index contributed by atoms with van der Waals surface area (Å²) >= 11 is 0. The molecule has 0 aliphatic carbocycles. The summed E-state index contributed by atoms with van der Waals surface area (Å²) in [6, 6.07) is -0.611. The monoisotopic (exact) mass is 570 g/mol. The average molecular weight is 571 g/mol. The number of rotatable bonds is 27. The maximum atomic E-state index is 12.5. The van der Waals surface area contributed by atoms with Gasteiger partial charge in [0.1, 0.15) is 6.61 Å². The Bertz CT molecular complexity index is 687. The minimum absolute atomic E-state index is 0.0532. The summed E-state index contributed by atoms with van der Waals surface area (Å²) in [6.45, 7) is 4.59. The lowest BCUT2D eigenvalue weighted by Gasteiger charge is -2.31. The molecule has 0 aromatic rings. The van der Waals surface area contributed by atoms with Gasteiger partial charge in [-0.05, 0) is 25.7 Å². The minimum Gasteiger partial charge on any atom is -0.477 e. The molecule has 2 unspecified atom stereocenters. The van der Waals surface area contributed by atoms with Crippen molar-refractivity contribution in [2.24, 2.45) is 0 Å². The maximum Gasteiger partial charge on any atom is 0.362 e. The number of likely N-dealkylation sites (N-methyl/N-ethyl adjacent to an activating group) is 1. The largest absolute Gasteiger partial charge is 0.477 e. The van der Waals surface area contributed by atoms with Gasteiger partial charge in [0.15, 0.2) is 12.1 Å². The summed E-state index contributed by atoms with van der Waals surface area (Å²) < 4.78 is 17.0. The topological polar surface area (TPSA) is 99.1 Å². The molecule has 234 valence electrons. The van der Waals surface area contributed by atoms with E-state index in [-0.39, 0.29) is 42.7 Å². The molecule has 0 saturated carbocycles. The normalized spacial score (nSPS) is 13.3. The number of esters is 2. The van der Waals surface area contributed by atoms with E-state index in [0.717, 1.165) is 25.7 Å². The van der Waals surface area contributed by atoms with E-state index < -0.39 is 18.1 Å². The fourth-order valence-corrected chi connectivity index (χ4v) is 4.40. The molecule has 0 aliphatic rings. The van der Waals surface area contributed by atoms with Gasteiger partial charge in [0.05, 0.1) is 34.4 Å². The summed E-state index contributed by atoms with van der Waals surface area (Å²) in [7, 11) is 5.49. The number of unbranched alkanes of at least 4 members (excludes halogenated alkanes) is 11. The molecule has 0 fully saturated rings. The molecule has 0 spiro atoms. The number of carbonyl (C=O) groups is 3. The van der Waals surface area contributed by atoms with E-state index in [1.54, 1.807) is 0 Å². The number of carboxylic acids is 1. The van der Waals surface area contributed by atoms with Crippen LogP contribution in [0.3, 0.4) is 0 Å². The second-order valence-corrected chi connectivity index (χ2v) is 11.7. The first-order chi connectivity index (χ1) is 19.1. The number of carboxylic acid groups (broad SMARTS) is 1. The number of hydrogen-bond acceptors (Lipinski definition) is 6. The van der Waals surface area contributed by atoms with E-state index in [2.05, 4.69) is 19.9 Å². The summed E-state index contributed by atoms with van der Waals surface area (Å²) in [5.41, 5.74) is 0. The Morgan fingerprint density at radius 2 is 1.30 bits per heavy atom. The molecule has 0 amide bonds. The predicted octanol–water partition coefficient (Wildman–Crippen LogP) is 6.85. The molecular weight excluding hydrogens is 510 g/mol. The van der Waals surface area contributed by atoms with Crippen molar-refractivity contribution in [1.82, 2.24) is 0 Å². The van der Waals surface area contributed by atoms with E-state index >= 15 is 0 Å². The lowest BCUT2D eigenvalue weighted by atomic mass is 10.1. The smallest absolute Gasteiger partial charge is 0.362 e. The third-order valence-electron chi connectivity index (χ3n) is 6.93. The zero-order chi connectivity index (χ0) is 30.1. The van der Waals surface area contributed by atoms with Gasteiger partial charge in [-0.25, -0.2) is 4.79 Å². The fraction of sp³-hybridized carbons (Fsp3) is 0.844. The van der Waals surface area contributed by atoms with Crippen molar-refractivity contribution in [3.63, 3.8) is 0 Å². The quantitative estimate of drug-likeness (QED) is 0.0499. The molecule has 1 N–H and O–H groups in total. The van der Waals surface area contributed by atoms with Crippen LogP contribution in [0.4, 0.5) is 0 Å². The third kappa shape index (κ3) is 22.8. The van der Waals surface area contributed by atoms with E-state index in [0.29, 0.717) is 19.3 Å². The first-order valence-electron chi connectivity index (χ1n) is 15.7. The molecule has 2 atom stereocenters. The molecule has 0 aliphatic heterocycles. The van der Waals surface area contributed by atoms with Crippen molar-refractivity contribution in [3.05, 3.63) is 12.2 Å².